The van der Waals surface area contributed by atoms with E-state index in [1.807, 2.05) is 24.3 Å². The van der Waals surface area contributed by atoms with Crippen molar-refractivity contribution in [3.05, 3.63) is 35.4 Å². The van der Waals surface area contributed by atoms with Gasteiger partial charge in [-0.2, -0.15) is 0 Å². The molecule has 4 heteroatoms. The third-order valence-electron chi connectivity index (χ3n) is 3.99. The fraction of sp³-hybridized carbons (Fsp3) is 0.562. The van der Waals surface area contributed by atoms with Gasteiger partial charge >= 0.3 is 5.97 Å². The number of methoxy groups -OCH3 is 1. The van der Waals surface area contributed by atoms with Gasteiger partial charge in [-0.05, 0) is 50.2 Å². The Balaban J connectivity index is 1.98. The van der Waals surface area contributed by atoms with Crippen LogP contribution < -0.4 is 5.32 Å². The number of hydrogen-bond donors (Lipinski definition) is 1. The maximum absolute atomic E-state index is 11.4. The van der Waals surface area contributed by atoms with Gasteiger partial charge in [0.25, 0.3) is 0 Å². The first kappa shape index (κ1) is 15.0. The Morgan fingerprint density at radius 3 is 2.50 bits per heavy atom. The second-order valence-corrected chi connectivity index (χ2v) is 5.23. The molecule has 0 spiro atoms. The van der Waals surface area contributed by atoms with Gasteiger partial charge in [0.15, 0.2) is 0 Å². The highest BCUT2D eigenvalue weighted by molar-refractivity contribution is 5.89. The van der Waals surface area contributed by atoms with Crippen molar-refractivity contribution in [2.24, 2.45) is 0 Å². The van der Waals surface area contributed by atoms with Crippen LogP contribution in [-0.4, -0.2) is 43.7 Å². The molecular formula is C16H24N2O2. The van der Waals surface area contributed by atoms with E-state index in [1.165, 1.54) is 25.5 Å². The van der Waals surface area contributed by atoms with Gasteiger partial charge in [-0.3, -0.25) is 4.90 Å². The molecule has 110 valence electrons. The summed E-state index contributed by atoms with van der Waals surface area (Å²) in [5.74, 6) is -0.276. The molecule has 4 nitrogen and oxygen atoms in total. The Hall–Kier alpha value is -1.39. The molecule has 1 fully saturated rings. The number of carbonyl (C=O) groups is 1. The quantitative estimate of drug-likeness (QED) is 0.836. The Kier molecular flexibility index (Phi) is 5.56. The van der Waals surface area contributed by atoms with Crippen LogP contribution in [0.5, 0.6) is 0 Å². The molecule has 1 heterocycles. The number of esters is 1. The number of rotatable bonds is 5. The lowest BCUT2D eigenvalue weighted by Crippen LogP contribution is -2.42. The van der Waals surface area contributed by atoms with Crippen LogP contribution in [0.15, 0.2) is 24.3 Å². The largest absolute Gasteiger partial charge is 0.465 e. The Morgan fingerprint density at radius 2 is 1.95 bits per heavy atom. The van der Waals surface area contributed by atoms with Gasteiger partial charge in [0.2, 0.25) is 0 Å². The van der Waals surface area contributed by atoms with Gasteiger partial charge in [0.1, 0.15) is 0 Å². The van der Waals surface area contributed by atoms with Crippen LogP contribution in [-0.2, 0) is 11.3 Å². The number of benzene rings is 1. The molecule has 2 rings (SSSR count). The highest BCUT2D eigenvalue weighted by atomic mass is 16.5. The van der Waals surface area contributed by atoms with Gasteiger partial charge in [-0.25, -0.2) is 4.79 Å². The molecule has 0 unspecified atom stereocenters. The Bertz CT molecular complexity index is 425. The summed E-state index contributed by atoms with van der Waals surface area (Å²) in [7, 11) is 1.41. The summed E-state index contributed by atoms with van der Waals surface area (Å²) < 4.78 is 4.72. The minimum atomic E-state index is -0.276. The molecule has 0 aromatic heterocycles. The van der Waals surface area contributed by atoms with Gasteiger partial charge in [-0.1, -0.05) is 19.1 Å². The van der Waals surface area contributed by atoms with Crippen molar-refractivity contribution in [1.82, 2.24) is 10.2 Å². The molecule has 20 heavy (non-hydrogen) atoms. The minimum Gasteiger partial charge on any atom is -0.465 e. The van der Waals surface area contributed by atoms with Crippen LogP contribution in [0, 0.1) is 0 Å². The summed E-state index contributed by atoms with van der Waals surface area (Å²) in [5.41, 5.74) is 1.86. The summed E-state index contributed by atoms with van der Waals surface area (Å²) in [4.78, 5) is 13.9. The van der Waals surface area contributed by atoms with Gasteiger partial charge in [-0.15, -0.1) is 0 Å². The second-order valence-electron chi connectivity index (χ2n) is 5.23. The molecular weight excluding hydrogens is 252 g/mol. The molecule has 0 amide bonds. The summed E-state index contributed by atoms with van der Waals surface area (Å²) in [6.45, 7) is 6.45. The topological polar surface area (TPSA) is 41.6 Å². The standard InChI is InChI=1S/C16H24N2O2/c1-3-18(15-8-10-17-11-9-15)12-13-4-6-14(7-5-13)16(19)20-2/h4-7,15,17H,3,8-12H2,1-2H3. The van der Waals surface area contributed by atoms with Crippen LogP contribution in [0.2, 0.25) is 0 Å². The fourth-order valence-electron chi connectivity index (χ4n) is 2.77. The number of piperidine rings is 1. The Morgan fingerprint density at radius 1 is 1.30 bits per heavy atom. The number of hydrogen-bond acceptors (Lipinski definition) is 4. The van der Waals surface area contributed by atoms with Crippen molar-refractivity contribution in [3.63, 3.8) is 0 Å². The van der Waals surface area contributed by atoms with Gasteiger partial charge < -0.3 is 10.1 Å². The van der Waals surface area contributed by atoms with Crippen molar-refractivity contribution < 1.29 is 9.53 Å². The fourth-order valence-corrected chi connectivity index (χ4v) is 2.77. The summed E-state index contributed by atoms with van der Waals surface area (Å²) >= 11 is 0. The molecule has 1 N–H and O–H groups in total. The van der Waals surface area contributed by atoms with Crippen molar-refractivity contribution in [2.45, 2.75) is 32.4 Å². The minimum absolute atomic E-state index is 0.276. The molecule has 1 aliphatic rings. The zero-order valence-electron chi connectivity index (χ0n) is 12.4. The maximum atomic E-state index is 11.4. The van der Waals surface area contributed by atoms with Gasteiger partial charge in [0, 0.05) is 12.6 Å². The molecule has 1 aliphatic heterocycles. The first-order valence-corrected chi connectivity index (χ1v) is 7.36. The molecule has 1 aromatic rings. The predicted octanol–water partition coefficient (Wildman–Crippen LogP) is 2.05. The van der Waals surface area contributed by atoms with E-state index in [-0.39, 0.29) is 5.97 Å². The molecule has 0 saturated carbocycles. The van der Waals surface area contributed by atoms with Crippen molar-refractivity contribution in [1.29, 1.82) is 0 Å². The Labute approximate surface area is 121 Å². The highest BCUT2D eigenvalue weighted by Crippen LogP contribution is 2.16. The number of carbonyl (C=O) groups excluding carboxylic acids is 1. The summed E-state index contributed by atoms with van der Waals surface area (Å²) in [6, 6.07) is 8.41. The monoisotopic (exact) mass is 276 g/mol. The van der Waals surface area contributed by atoms with Crippen molar-refractivity contribution in [2.75, 3.05) is 26.7 Å². The highest BCUT2D eigenvalue weighted by Gasteiger charge is 2.19. The molecule has 1 saturated heterocycles. The zero-order chi connectivity index (χ0) is 14.4. The smallest absolute Gasteiger partial charge is 0.337 e. The van der Waals surface area contributed by atoms with Crippen LogP contribution in [0.25, 0.3) is 0 Å². The van der Waals surface area contributed by atoms with E-state index in [4.69, 9.17) is 4.74 Å². The lowest BCUT2D eigenvalue weighted by molar-refractivity contribution is 0.0600. The van der Waals surface area contributed by atoms with E-state index in [0.717, 1.165) is 26.2 Å². The third-order valence-corrected chi connectivity index (χ3v) is 3.99. The number of ether oxygens (including phenoxy) is 1. The molecule has 0 radical (unpaired) electrons. The first-order valence-electron chi connectivity index (χ1n) is 7.36. The average molecular weight is 276 g/mol. The van der Waals surface area contributed by atoms with Gasteiger partial charge in [0.05, 0.1) is 12.7 Å². The van der Waals surface area contributed by atoms with E-state index >= 15 is 0 Å². The van der Waals surface area contributed by atoms with Crippen LogP contribution >= 0.6 is 0 Å². The van der Waals surface area contributed by atoms with Crippen LogP contribution in [0.1, 0.15) is 35.7 Å². The predicted molar refractivity (Wildman–Crippen MR) is 79.8 cm³/mol. The molecule has 0 bridgehead atoms. The number of nitrogens with zero attached hydrogens (tertiary/aromatic N) is 1. The van der Waals surface area contributed by atoms with Crippen LogP contribution in [0.3, 0.4) is 0 Å². The van der Waals surface area contributed by atoms with E-state index in [2.05, 4.69) is 17.1 Å². The zero-order valence-corrected chi connectivity index (χ0v) is 12.4. The number of nitrogens with one attached hydrogen (secondary N) is 1. The lowest BCUT2D eigenvalue weighted by Gasteiger charge is -2.33. The molecule has 0 atom stereocenters. The van der Waals surface area contributed by atoms with Crippen LogP contribution in [0.4, 0.5) is 0 Å². The molecule has 1 aromatic carbocycles. The summed E-state index contributed by atoms with van der Waals surface area (Å²) in [6.07, 6.45) is 2.43. The molecule has 0 aliphatic carbocycles. The van der Waals surface area contributed by atoms with E-state index in [1.54, 1.807) is 0 Å². The van der Waals surface area contributed by atoms with E-state index < -0.39 is 0 Å². The van der Waals surface area contributed by atoms with E-state index in [0.29, 0.717) is 11.6 Å². The van der Waals surface area contributed by atoms with E-state index in [9.17, 15) is 4.79 Å². The SMILES string of the molecule is CCN(Cc1ccc(C(=O)OC)cc1)C1CCNCC1. The first-order chi connectivity index (χ1) is 9.74. The van der Waals surface area contributed by atoms with Crippen molar-refractivity contribution in [3.8, 4) is 0 Å². The lowest BCUT2D eigenvalue weighted by atomic mass is 10.0. The summed E-state index contributed by atoms with van der Waals surface area (Å²) in [5, 5.41) is 3.41. The average Bonchev–Trinajstić information content (AvgIpc) is 2.53. The van der Waals surface area contributed by atoms with Crippen molar-refractivity contribution >= 4 is 5.97 Å². The second kappa shape index (κ2) is 7.41. The normalized spacial score (nSPS) is 16.4. The third kappa shape index (κ3) is 3.81. The maximum Gasteiger partial charge on any atom is 0.337 e.